The highest BCUT2D eigenvalue weighted by molar-refractivity contribution is 5.89. The summed E-state index contributed by atoms with van der Waals surface area (Å²) in [7, 11) is 3.63. The summed E-state index contributed by atoms with van der Waals surface area (Å²) in [4.78, 5) is 13.0. The number of ether oxygens (including phenoxy) is 1. The first kappa shape index (κ1) is 13.3. The first-order chi connectivity index (χ1) is 7.79. The second-order valence-electron chi connectivity index (χ2n) is 3.63. The van der Waals surface area contributed by atoms with Crippen molar-refractivity contribution in [3.05, 3.63) is 29.8 Å². The third-order valence-corrected chi connectivity index (χ3v) is 1.99. The van der Waals surface area contributed by atoms with E-state index < -0.39 is 18.8 Å². The van der Waals surface area contributed by atoms with Crippen LogP contribution in [0.15, 0.2) is 24.3 Å². The van der Waals surface area contributed by atoms with Crippen molar-refractivity contribution in [3.8, 4) is 0 Å². The zero-order chi connectivity index (χ0) is 13.1. The van der Waals surface area contributed by atoms with Crippen LogP contribution in [0, 0.1) is 0 Å². The number of alkyl halides is 3. The predicted octanol–water partition coefficient (Wildman–Crippen LogP) is 2.47. The molecule has 0 heterocycles. The van der Waals surface area contributed by atoms with Crippen molar-refractivity contribution in [2.45, 2.75) is 6.18 Å². The Morgan fingerprint density at radius 2 is 1.76 bits per heavy atom. The van der Waals surface area contributed by atoms with E-state index in [0.717, 1.165) is 5.69 Å². The number of esters is 1. The Morgan fingerprint density at radius 3 is 2.18 bits per heavy atom. The molecule has 0 aliphatic heterocycles. The summed E-state index contributed by atoms with van der Waals surface area (Å²) in [6, 6.07) is 6.11. The summed E-state index contributed by atoms with van der Waals surface area (Å²) < 4.78 is 39.6. The number of halogens is 3. The Balaban J connectivity index is 2.64. The summed E-state index contributed by atoms with van der Waals surface area (Å²) in [5.74, 6) is -0.979. The van der Waals surface area contributed by atoms with E-state index >= 15 is 0 Å². The topological polar surface area (TPSA) is 29.5 Å². The van der Waals surface area contributed by atoms with Gasteiger partial charge in [-0.05, 0) is 24.3 Å². The van der Waals surface area contributed by atoms with Gasteiger partial charge < -0.3 is 9.64 Å². The maximum absolute atomic E-state index is 11.8. The number of carbonyl (C=O) groups excluding carboxylic acids is 1. The van der Waals surface area contributed by atoms with Crippen LogP contribution in [0.5, 0.6) is 0 Å². The van der Waals surface area contributed by atoms with Gasteiger partial charge in [0.25, 0.3) is 0 Å². The van der Waals surface area contributed by atoms with Crippen molar-refractivity contribution >= 4 is 11.7 Å². The molecule has 0 bridgehead atoms. The molecule has 0 saturated heterocycles. The van der Waals surface area contributed by atoms with Crippen molar-refractivity contribution in [2.75, 3.05) is 25.6 Å². The molecule has 0 aliphatic rings. The maximum Gasteiger partial charge on any atom is 0.422 e. The summed E-state index contributed by atoms with van der Waals surface area (Å²) in [6.45, 7) is -1.57. The standard InChI is InChI=1S/C11H12F3NO2/c1-15(2)9-5-3-8(4-6-9)10(16)17-7-11(12,13)14/h3-6H,7H2,1-2H3. The number of carbonyl (C=O) groups is 1. The van der Waals surface area contributed by atoms with Gasteiger partial charge in [0.1, 0.15) is 0 Å². The third kappa shape index (κ3) is 4.34. The molecule has 0 unspecified atom stereocenters. The minimum absolute atomic E-state index is 0.0971. The van der Waals surface area contributed by atoms with E-state index in [1.54, 1.807) is 12.1 Å². The Bertz CT molecular complexity index is 385. The molecular formula is C11H12F3NO2. The Hall–Kier alpha value is -1.72. The predicted molar refractivity (Wildman–Crippen MR) is 57.1 cm³/mol. The number of hydrogen-bond acceptors (Lipinski definition) is 3. The Labute approximate surface area is 96.8 Å². The third-order valence-electron chi connectivity index (χ3n) is 1.99. The molecule has 0 saturated carbocycles. The first-order valence-electron chi connectivity index (χ1n) is 4.81. The van der Waals surface area contributed by atoms with E-state index in [4.69, 9.17) is 0 Å². The quantitative estimate of drug-likeness (QED) is 0.768. The van der Waals surface area contributed by atoms with Crippen molar-refractivity contribution < 1.29 is 22.7 Å². The van der Waals surface area contributed by atoms with Gasteiger partial charge in [0, 0.05) is 19.8 Å². The maximum atomic E-state index is 11.8. The van der Waals surface area contributed by atoms with Crippen LogP contribution in [0.2, 0.25) is 0 Å². The van der Waals surface area contributed by atoms with Gasteiger partial charge in [0.15, 0.2) is 6.61 Å². The molecular weight excluding hydrogens is 235 g/mol. The van der Waals surface area contributed by atoms with Crippen LogP contribution in [-0.2, 0) is 4.74 Å². The molecule has 0 radical (unpaired) electrons. The average molecular weight is 247 g/mol. The lowest BCUT2D eigenvalue weighted by molar-refractivity contribution is -0.161. The van der Waals surface area contributed by atoms with Crippen molar-refractivity contribution in [1.82, 2.24) is 0 Å². The zero-order valence-corrected chi connectivity index (χ0v) is 9.41. The molecule has 1 aromatic carbocycles. The minimum atomic E-state index is -4.50. The van der Waals surface area contributed by atoms with Crippen LogP contribution >= 0.6 is 0 Å². The van der Waals surface area contributed by atoms with Gasteiger partial charge in [-0.3, -0.25) is 0 Å². The summed E-state index contributed by atoms with van der Waals surface area (Å²) in [5, 5.41) is 0. The average Bonchev–Trinajstić information content (AvgIpc) is 2.25. The highest BCUT2D eigenvalue weighted by Crippen LogP contribution is 2.17. The number of nitrogens with zero attached hydrogens (tertiary/aromatic N) is 1. The number of benzene rings is 1. The van der Waals surface area contributed by atoms with Crippen molar-refractivity contribution in [2.24, 2.45) is 0 Å². The van der Waals surface area contributed by atoms with Gasteiger partial charge in [-0.1, -0.05) is 0 Å². The van der Waals surface area contributed by atoms with Gasteiger partial charge in [-0.25, -0.2) is 4.79 Å². The van der Waals surface area contributed by atoms with E-state index in [-0.39, 0.29) is 5.56 Å². The van der Waals surface area contributed by atoms with Gasteiger partial charge >= 0.3 is 12.1 Å². The molecule has 0 fully saturated rings. The number of rotatable bonds is 3. The summed E-state index contributed by atoms with van der Waals surface area (Å²) >= 11 is 0. The Morgan fingerprint density at radius 1 is 1.24 bits per heavy atom. The minimum Gasteiger partial charge on any atom is -0.452 e. The normalized spacial score (nSPS) is 11.1. The largest absolute Gasteiger partial charge is 0.452 e. The fraction of sp³-hybridized carbons (Fsp3) is 0.364. The molecule has 0 spiro atoms. The molecule has 6 heteroatoms. The van der Waals surface area contributed by atoms with Crippen LogP contribution in [0.3, 0.4) is 0 Å². The lowest BCUT2D eigenvalue weighted by Gasteiger charge is -2.12. The second-order valence-corrected chi connectivity index (χ2v) is 3.63. The molecule has 0 amide bonds. The molecule has 0 aliphatic carbocycles. The van der Waals surface area contributed by atoms with Crippen LogP contribution < -0.4 is 4.90 Å². The molecule has 1 rings (SSSR count). The fourth-order valence-corrected chi connectivity index (χ4v) is 1.13. The van der Waals surface area contributed by atoms with Crippen molar-refractivity contribution in [1.29, 1.82) is 0 Å². The smallest absolute Gasteiger partial charge is 0.422 e. The highest BCUT2D eigenvalue weighted by Gasteiger charge is 2.29. The van der Waals surface area contributed by atoms with Gasteiger partial charge in [-0.15, -0.1) is 0 Å². The molecule has 0 aromatic heterocycles. The van der Waals surface area contributed by atoms with Crippen molar-refractivity contribution in [3.63, 3.8) is 0 Å². The molecule has 1 aromatic rings. The fourth-order valence-electron chi connectivity index (χ4n) is 1.13. The lowest BCUT2D eigenvalue weighted by Crippen LogP contribution is -2.20. The molecule has 94 valence electrons. The number of anilines is 1. The lowest BCUT2D eigenvalue weighted by atomic mass is 10.2. The van der Waals surface area contributed by atoms with Gasteiger partial charge in [-0.2, -0.15) is 13.2 Å². The van der Waals surface area contributed by atoms with E-state index in [9.17, 15) is 18.0 Å². The summed E-state index contributed by atoms with van der Waals surface area (Å²) in [5.41, 5.74) is 0.942. The van der Waals surface area contributed by atoms with Crippen LogP contribution in [-0.4, -0.2) is 32.8 Å². The van der Waals surface area contributed by atoms with Crippen LogP contribution in [0.4, 0.5) is 18.9 Å². The Kier molecular flexibility index (Phi) is 3.98. The zero-order valence-electron chi connectivity index (χ0n) is 9.41. The van der Waals surface area contributed by atoms with E-state index in [1.807, 2.05) is 19.0 Å². The van der Waals surface area contributed by atoms with Gasteiger partial charge in [0.05, 0.1) is 5.56 Å². The molecule has 0 N–H and O–H groups in total. The SMILES string of the molecule is CN(C)c1ccc(C(=O)OCC(F)(F)F)cc1. The molecule has 3 nitrogen and oxygen atoms in total. The number of hydrogen-bond donors (Lipinski definition) is 0. The first-order valence-corrected chi connectivity index (χ1v) is 4.81. The van der Waals surface area contributed by atoms with E-state index in [1.165, 1.54) is 12.1 Å². The molecule has 17 heavy (non-hydrogen) atoms. The van der Waals surface area contributed by atoms with E-state index in [2.05, 4.69) is 4.74 Å². The van der Waals surface area contributed by atoms with Gasteiger partial charge in [0.2, 0.25) is 0 Å². The van der Waals surface area contributed by atoms with E-state index in [0.29, 0.717) is 0 Å². The molecule has 0 atom stereocenters. The summed E-state index contributed by atoms with van der Waals surface area (Å²) in [6.07, 6.45) is -4.50. The van der Waals surface area contributed by atoms with Crippen LogP contribution in [0.1, 0.15) is 10.4 Å². The highest BCUT2D eigenvalue weighted by atomic mass is 19.4. The van der Waals surface area contributed by atoms with Crippen LogP contribution in [0.25, 0.3) is 0 Å². The second kappa shape index (κ2) is 5.07. The monoisotopic (exact) mass is 247 g/mol.